The summed E-state index contributed by atoms with van der Waals surface area (Å²) in [5.41, 5.74) is 0. The molecule has 0 bridgehead atoms. The molecule has 0 rings (SSSR count). The molecule has 0 fully saturated rings. The van der Waals surface area contributed by atoms with E-state index in [1.54, 1.807) is 0 Å². The van der Waals surface area contributed by atoms with Gasteiger partial charge in [0, 0.05) is 17.3 Å². The van der Waals surface area contributed by atoms with Crippen LogP contribution in [0.3, 0.4) is 0 Å². The summed E-state index contributed by atoms with van der Waals surface area (Å²) in [6, 6.07) is 0. The van der Waals surface area contributed by atoms with E-state index in [0.29, 0.717) is 0 Å². The summed E-state index contributed by atoms with van der Waals surface area (Å²) in [4.78, 5) is 0. The van der Waals surface area contributed by atoms with Crippen LogP contribution in [0, 0.1) is 17.8 Å². The van der Waals surface area contributed by atoms with E-state index >= 15 is 0 Å². The first-order valence-electron chi connectivity index (χ1n) is 12.5. The largest absolute Gasteiger partial charge is 0.289 e. The van der Waals surface area contributed by atoms with Gasteiger partial charge in [0.2, 0.25) is 4.75 Å². The van der Waals surface area contributed by atoms with Crippen LogP contribution in [0.25, 0.3) is 0 Å². The lowest BCUT2D eigenvalue weighted by Crippen LogP contribution is -2.04. The van der Waals surface area contributed by atoms with Crippen molar-refractivity contribution in [3.63, 3.8) is 0 Å². The van der Waals surface area contributed by atoms with Gasteiger partial charge in [-0.15, -0.1) is 0 Å². The molecule has 0 saturated heterocycles. The Morgan fingerprint density at radius 3 is 1.03 bits per heavy atom. The molecule has 0 spiro atoms. The molecular weight excluding hydrogens is 431 g/mol. The standard InChI is InChI=1S/C24H51OPS3/c1-7-13-16-22(10-4)19-27-26(25,28-20-23(11-5)17-14-8-2)29-21-24(12-6)18-15-9-3/h22-24H,7-21H2,1-6H3. The molecular formula is C24H51OPS3. The normalized spacial score (nSPS) is 17.0. The van der Waals surface area contributed by atoms with Crippen LogP contribution in [0.2, 0.25) is 0 Å². The van der Waals surface area contributed by atoms with Crippen molar-refractivity contribution in [2.75, 3.05) is 17.3 Å². The Balaban J connectivity index is 4.91. The number of hydrogen-bond donors (Lipinski definition) is 0. The van der Waals surface area contributed by atoms with Crippen molar-refractivity contribution < 1.29 is 4.57 Å². The topological polar surface area (TPSA) is 17.1 Å². The van der Waals surface area contributed by atoms with Crippen molar-refractivity contribution in [1.82, 2.24) is 0 Å². The van der Waals surface area contributed by atoms with Crippen LogP contribution >= 0.6 is 38.9 Å². The fourth-order valence-corrected chi connectivity index (χ4v) is 15.5. The average Bonchev–Trinajstić information content (AvgIpc) is 2.74. The lowest BCUT2D eigenvalue weighted by atomic mass is 10.0. The molecule has 0 aromatic rings. The third-order valence-corrected chi connectivity index (χ3v) is 18.7. The second kappa shape index (κ2) is 19.9. The number of unbranched alkanes of at least 4 members (excludes halogenated alkanes) is 3. The van der Waals surface area contributed by atoms with Crippen LogP contribution in [0.4, 0.5) is 0 Å². The minimum Gasteiger partial charge on any atom is -0.289 e. The van der Waals surface area contributed by atoms with Crippen LogP contribution in [-0.4, -0.2) is 17.3 Å². The monoisotopic (exact) mass is 482 g/mol. The summed E-state index contributed by atoms with van der Waals surface area (Å²) in [5, 5.41) is 0. The molecule has 0 heterocycles. The predicted octanol–water partition coefficient (Wildman–Crippen LogP) is 10.9. The van der Waals surface area contributed by atoms with E-state index in [0.717, 1.165) is 35.0 Å². The van der Waals surface area contributed by atoms with Crippen molar-refractivity contribution in [2.24, 2.45) is 17.8 Å². The molecule has 0 aliphatic heterocycles. The van der Waals surface area contributed by atoms with Gasteiger partial charge in [0.15, 0.2) is 0 Å². The molecule has 29 heavy (non-hydrogen) atoms. The van der Waals surface area contributed by atoms with Crippen LogP contribution in [0.5, 0.6) is 0 Å². The molecule has 0 aliphatic carbocycles. The molecule has 0 aliphatic rings. The summed E-state index contributed by atoms with van der Waals surface area (Å²) < 4.78 is 11.7. The van der Waals surface area contributed by atoms with E-state index in [4.69, 9.17) is 0 Å². The van der Waals surface area contributed by atoms with E-state index in [9.17, 15) is 4.57 Å². The summed E-state index contributed by atoms with van der Waals surface area (Å²) in [5.74, 6) is 5.47. The number of hydrogen-bond acceptors (Lipinski definition) is 4. The molecule has 0 saturated carbocycles. The summed E-state index contributed by atoms with van der Waals surface area (Å²) >= 11 is 5.52. The van der Waals surface area contributed by atoms with Gasteiger partial charge in [-0.2, -0.15) is 0 Å². The number of rotatable bonds is 21. The molecule has 0 amide bonds. The van der Waals surface area contributed by atoms with Crippen molar-refractivity contribution in [1.29, 1.82) is 0 Å². The van der Waals surface area contributed by atoms with E-state index in [1.165, 1.54) is 77.0 Å². The van der Waals surface area contributed by atoms with Gasteiger partial charge in [-0.05, 0) is 37.0 Å². The Bertz CT molecular complexity index is 349. The van der Waals surface area contributed by atoms with E-state index in [1.807, 2.05) is 34.1 Å². The van der Waals surface area contributed by atoms with Crippen molar-refractivity contribution in [3.8, 4) is 0 Å². The lowest BCUT2D eigenvalue weighted by molar-refractivity contribution is 0.499. The Morgan fingerprint density at radius 1 is 0.552 bits per heavy atom. The Morgan fingerprint density at radius 2 is 0.828 bits per heavy atom. The van der Waals surface area contributed by atoms with Gasteiger partial charge in [-0.25, -0.2) is 0 Å². The third kappa shape index (κ3) is 15.7. The quantitative estimate of drug-likeness (QED) is 0.151. The highest BCUT2D eigenvalue weighted by atomic mass is 33.4. The van der Waals surface area contributed by atoms with E-state index < -0.39 is 4.75 Å². The summed E-state index contributed by atoms with van der Waals surface area (Å²) in [6.45, 7) is 13.8. The molecule has 176 valence electrons. The highest BCUT2D eigenvalue weighted by Crippen LogP contribution is 2.78. The van der Waals surface area contributed by atoms with Crippen molar-refractivity contribution in [3.05, 3.63) is 0 Å². The zero-order valence-electron chi connectivity index (χ0n) is 20.4. The zero-order valence-corrected chi connectivity index (χ0v) is 23.8. The van der Waals surface area contributed by atoms with Crippen molar-refractivity contribution >= 4 is 38.9 Å². The van der Waals surface area contributed by atoms with Gasteiger partial charge in [-0.1, -0.05) is 133 Å². The maximum Gasteiger partial charge on any atom is 0.243 e. The molecule has 3 atom stereocenters. The fraction of sp³-hybridized carbons (Fsp3) is 1.00. The van der Waals surface area contributed by atoms with Crippen LogP contribution in [0.15, 0.2) is 0 Å². The molecule has 5 heteroatoms. The van der Waals surface area contributed by atoms with Gasteiger partial charge in [-0.3, -0.25) is 4.57 Å². The van der Waals surface area contributed by atoms with Gasteiger partial charge in [0.05, 0.1) is 0 Å². The summed E-state index contributed by atoms with van der Waals surface area (Å²) in [7, 11) is 0. The maximum atomic E-state index is 14.0. The van der Waals surface area contributed by atoms with Crippen molar-refractivity contribution in [2.45, 2.75) is 119 Å². The fourth-order valence-electron chi connectivity index (χ4n) is 3.40. The highest BCUT2D eigenvalue weighted by molar-refractivity contribution is 9.14. The Kier molecular flexibility index (Phi) is 20.8. The van der Waals surface area contributed by atoms with Gasteiger partial charge in [0.25, 0.3) is 0 Å². The smallest absolute Gasteiger partial charge is 0.243 e. The highest BCUT2D eigenvalue weighted by Gasteiger charge is 2.28. The van der Waals surface area contributed by atoms with Gasteiger partial charge >= 0.3 is 0 Å². The van der Waals surface area contributed by atoms with Crippen LogP contribution in [0.1, 0.15) is 119 Å². The predicted molar refractivity (Wildman–Crippen MR) is 145 cm³/mol. The first-order valence-corrected chi connectivity index (χ1v) is 19.0. The van der Waals surface area contributed by atoms with E-state index in [2.05, 4.69) is 41.5 Å². The molecule has 0 aromatic carbocycles. The summed E-state index contributed by atoms with van der Waals surface area (Å²) in [6.07, 6.45) is 15.3. The van der Waals surface area contributed by atoms with Gasteiger partial charge < -0.3 is 0 Å². The zero-order chi connectivity index (χ0) is 22.0. The second-order valence-corrected chi connectivity index (χ2v) is 20.3. The first-order chi connectivity index (χ1) is 14.0. The molecule has 0 radical (unpaired) electrons. The average molecular weight is 483 g/mol. The first kappa shape index (κ1) is 30.3. The SMILES string of the molecule is CCCCC(CC)CSP(=O)(SCC(CC)CCCC)SCC(CC)CCCC. The second-order valence-electron chi connectivity index (χ2n) is 8.58. The molecule has 3 unspecified atom stereocenters. The molecule has 1 nitrogen and oxygen atoms in total. The molecule has 0 N–H and O–H groups in total. The molecule has 0 aromatic heterocycles. The Labute approximate surface area is 196 Å². The third-order valence-electron chi connectivity index (χ3n) is 6.03. The minimum absolute atomic E-state index is 0.735. The van der Waals surface area contributed by atoms with Crippen LogP contribution < -0.4 is 0 Å². The van der Waals surface area contributed by atoms with Gasteiger partial charge in [0.1, 0.15) is 0 Å². The maximum absolute atomic E-state index is 14.0. The Hall–Kier alpha value is 1.28. The lowest BCUT2D eigenvalue weighted by Gasteiger charge is -2.24. The van der Waals surface area contributed by atoms with E-state index in [-0.39, 0.29) is 0 Å². The minimum atomic E-state index is -2.27. The van der Waals surface area contributed by atoms with Crippen LogP contribution in [-0.2, 0) is 4.57 Å².